The normalized spacial score (nSPS) is 15.0. The van der Waals surface area contributed by atoms with Crippen LogP contribution in [0.5, 0.6) is 0 Å². The van der Waals surface area contributed by atoms with Gasteiger partial charge < -0.3 is 25.7 Å². The number of amides is 3. The van der Waals surface area contributed by atoms with E-state index in [-0.39, 0.29) is 18.2 Å². The van der Waals surface area contributed by atoms with Gasteiger partial charge in [-0.2, -0.15) is 26.3 Å². The number of benzene rings is 2. The number of urea groups is 1. The zero-order chi connectivity index (χ0) is 30.4. The number of carbonyl (C=O) groups is 2. The van der Waals surface area contributed by atoms with Gasteiger partial charge in [-0.1, -0.05) is 30.8 Å². The molecule has 1 aliphatic rings. The third kappa shape index (κ3) is 7.91. The number of piperazine rings is 1. The topological polar surface area (TPSA) is 105 Å². The number of carbonyl (C=O) groups excluding carboxylic acids is 2. The van der Waals surface area contributed by atoms with Gasteiger partial charge in [0.15, 0.2) is 0 Å². The van der Waals surface area contributed by atoms with Gasteiger partial charge in [0.25, 0.3) is 11.5 Å². The molecule has 0 aliphatic carbocycles. The quantitative estimate of drug-likeness (QED) is 0.189. The van der Waals surface area contributed by atoms with Crippen LogP contribution in [0, 0.1) is 0 Å². The van der Waals surface area contributed by atoms with Crippen molar-refractivity contribution in [2.45, 2.75) is 37.3 Å². The van der Waals surface area contributed by atoms with Gasteiger partial charge in [0.1, 0.15) is 0 Å². The Hall–Kier alpha value is -3.78. The highest BCUT2D eigenvalue weighted by atomic mass is 19.4. The minimum absolute atomic E-state index is 0.0402. The summed E-state index contributed by atoms with van der Waals surface area (Å²) < 4.78 is 78.5. The first-order valence-corrected chi connectivity index (χ1v) is 12.6. The number of hydrogen-bond donors (Lipinski definition) is 4. The molecule has 1 saturated heterocycles. The second-order valence-electron chi connectivity index (χ2n) is 9.60. The van der Waals surface area contributed by atoms with Gasteiger partial charge in [-0.3, -0.25) is 9.69 Å². The van der Waals surface area contributed by atoms with E-state index in [0.717, 1.165) is 12.1 Å². The van der Waals surface area contributed by atoms with Crippen molar-refractivity contribution in [1.29, 1.82) is 0 Å². The number of rotatable bonds is 9. The standard InChI is InChI=1S/C27H30F6N4O4/c1-18(38)3-2-12-34-24(40)35-22-10-6-20(7-11-22)23(39)37-15-13-36(14-16-37)17-19-4-8-21(9-5-19)25(41,26(28,29)30)27(31,32)33/h4-11,38,41H,1-3,12-17H2,(H2,34,35,40). The monoisotopic (exact) mass is 588 g/mol. The fraction of sp³-hybridized carbons (Fsp3) is 0.407. The number of aliphatic hydroxyl groups excluding tert-OH is 1. The summed E-state index contributed by atoms with van der Waals surface area (Å²) in [5.41, 5.74) is -4.95. The van der Waals surface area contributed by atoms with Crippen molar-refractivity contribution < 1.29 is 46.1 Å². The number of anilines is 1. The van der Waals surface area contributed by atoms with Gasteiger partial charge >= 0.3 is 18.4 Å². The van der Waals surface area contributed by atoms with Crippen LogP contribution in [0.2, 0.25) is 0 Å². The number of aliphatic hydroxyl groups is 2. The van der Waals surface area contributed by atoms with Crippen molar-refractivity contribution in [3.63, 3.8) is 0 Å². The Kier molecular flexibility index (Phi) is 9.92. The smallest absolute Gasteiger partial charge is 0.430 e. The summed E-state index contributed by atoms with van der Waals surface area (Å²) in [4.78, 5) is 28.4. The van der Waals surface area contributed by atoms with E-state index >= 15 is 0 Å². The molecule has 14 heteroatoms. The molecule has 1 aliphatic heterocycles. The largest absolute Gasteiger partial charge is 0.513 e. The molecule has 2 aromatic carbocycles. The highest BCUT2D eigenvalue weighted by Gasteiger charge is 2.71. The predicted molar refractivity (Wildman–Crippen MR) is 138 cm³/mol. The average Bonchev–Trinajstić information content (AvgIpc) is 2.90. The minimum Gasteiger partial charge on any atom is -0.513 e. The van der Waals surface area contributed by atoms with Crippen molar-refractivity contribution in [2.24, 2.45) is 0 Å². The molecule has 0 unspecified atom stereocenters. The van der Waals surface area contributed by atoms with Crippen LogP contribution in [0.25, 0.3) is 0 Å². The third-order valence-corrected chi connectivity index (χ3v) is 6.58. The Morgan fingerprint density at radius 3 is 1.95 bits per heavy atom. The van der Waals surface area contributed by atoms with Crippen molar-refractivity contribution in [1.82, 2.24) is 15.1 Å². The molecule has 0 atom stereocenters. The molecular weight excluding hydrogens is 558 g/mol. The number of nitrogens with one attached hydrogen (secondary N) is 2. The average molecular weight is 589 g/mol. The first-order valence-electron chi connectivity index (χ1n) is 12.6. The van der Waals surface area contributed by atoms with E-state index in [9.17, 15) is 41.0 Å². The van der Waals surface area contributed by atoms with Crippen molar-refractivity contribution in [3.05, 3.63) is 77.6 Å². The Balaban J connectivity index is 1.50. The van der Waals surface area contributed by atoms with Gasteiger partial charge in [0.05, 0.1) is 5.76 Å². The highest BCUT2D eigenvalue weighted by molar-refractivity contribution is 5.95. The maximum absolute atomic E-state index is 13.1. The molecule has 0 aromatic heterocycles. The lowest BCUT2D eigenvalue weighted by Gasteiger charge is -2.35. The van der Waals surface area contributed by atoms with Gasteiger partial charge in [0.2, 0.25) is 0 Å². The number of nitrogens with zero attached hydrogens (tertiary/aromatic N) is 2. The molecule has 4 N–H and O–H groups in total. The van der Waals surface area contributed by atoms with Crippen LogP contribution in [-0.4, -0.2) is 77.0 Å². The summed E-state index contributed by atoms with van der Waals surface area (Å²) in [6.07, 6.45) is -11.0. The van der Waals surface area contributed by atoms with Crippen molar-refractivity contribution in [3.8, 4) is 0 Å². The molecule has 2 aromatic rings. The minimum atomic E-state index is -5.95. The van der Waals surface area contributed by atoms with Gasteiger partial charge in [0, 0.05) is 62.5 Å². The summed E-state index contributed by atoms with van der Waals surface area (Å²) in [6.45, 7) is 5.49. The molecule has 0 spiro atoms. The van der Waals surface area contributed by atoms with Crippen LogP contribution in [0.1, 0.15) is 34.3 Å². The highest BCUT2D eigenvalue weighted by Crippen LogP contribution is 2.49. The fourth-order valence-electron chi connectivity index (χ4n) is 4.26. The first kappa shape index (κ1) is 31.7. The number of alkyl halides is 6. The molecule has 0 radical (unpaired) electrons. The molecule has 1 fully saturated rings. The molecule has 41 heavy (non-hydrogen) atoms. The molecular formula is C27H30F6N4O4. The molecule has 0 bridgehead atoms. The molecule has 3 rings (SSSR count). The van der Waals surface area contributed by atoms with Crippen LogP contribution in [0.4, 0.5) is 36.8 Å². The van der Waals surface area contributed by atoms with Gasteiger partial charge in [-0.25, -0.2) is 4.79 Å². The zero-order valence-electron chi connectivity index (χ0n) is 21.9. The van der Waals surface area contributed by atoms with E-state index in [1.54, 1.807) is 29.2 Å². The maximum Gasteiger partial charge on any atom is 0.430 e. The van der Waals surface area contributed by atoms with Crippen LogP contribution in [-0.2, 0) is 12.1 Å². The second-order valence-corrected chi connectivity index (χ2v) is 9.60. The zero-order valence-corrected chi connectivity index (χ0v) is 21.9. The Morgan fingerprint density at radius 1 is 0.878 bits per heavy atom. The maximum atomic E-state index is 13.1. The summed E-state index contributed by atoms with van der Waals surface area (Å²) in [7, 11) is 0. The van der Waals surface area contributed by atoms with Crippen LogP contribution in [0.15, 0.2) is 60.9 Å². The first-order chi connectivity index (χ1) is 19.1. The van der Waals surface area contributed by atoms with Crippen LogP contribution < -0.4 is 10.6 Å². The predicted octanol–water partition coefficient (Wildman–Crippen LogP) is 4.93. The lowest BCUT2D eigenvalue weighted by Crippen LogP contribution is -2.53. The summed E-state index contributed by atoms with van der Waals surface area (Å²) in [5, 5.41) is 23.8. The third-order valence-electron chi connectivity index (χ3n) is 6.58. The lowest BCUT2D eigenvalue weighted by atomic mass is 9.91. The van der Waals surface area contributed by atoms with Crippen molar-refractivity contribution in [2.75, 3.05) is 38.0 Å². The number of allylic oxidation sites excluding steroid dienone is 1. The molecule has 1 heterocycles. The van der Waals surface area contributed by atoms with E-state index in [0.29, 0.717) is 74.5 Å². The van der Waals surface area contributed by atoms with Crippen LogP contribution >= 0.6 is 0 Å². The summed E-state index contributed by atoms with van der Waals surface area (Å²) in [5.74, 6) is -0.189. The van der Waals surface area contributed by atoms with Crippen LogP contribution in [0.3, 0.4) is 0 Å². The molecule has 8 nitrogen and oxygen atoms in total. The lowest BCUT2D eigenvalue weighted by molar-refractivity contribution is -0.376. The Labute approximate surface area is 232 Å². The van der Waals surface area contributed by atoms with Gasteiger partial charge in [-0.05, 0) is 36.2 Å². The fourth-order valence-corrected chi connectivity index (χ4v) is 4.26. The molecule has 3 amide bonds. The van der Waals surface area contributed by atoms with E-state index in [4.69, 9.17) is 5.11 Å². The SMILES string of the molecule is C=C(O)CCCNC(=O)Nc1ccc(C(=O)N2CCN(Cc3ccc(C(O)(C(F)(F)F)C(F)(F)F)cc3)CC2)cc1. The summed E-state index contributed by atoms with van der Waals surface area (Å²) >= 11 is 0. The Bertz CT molecular complexity index is 1190. The van der Waals surface area contributed by atoms with E-state index in [1.165, 1.54) is 0 Å². The van der Waals surface area contributed by atoms with E-state index in [1.807, 2.05) is 4.90 Å². The number of halogens is 6. The van der Waals surface area contributed by atoms with E-state index < -0.39 is 29.5 Å². The van der Waals surface area contributed by atoms with Crippen molar-refractivity contribution >= 4 is 17.6 Å². The second kappa shape index (κ2) is 12.8. The van der Waals surface area contributed by atoms with Gasteiger partial charge in [-0.15, -0.1) is 0 Å². The molecule has 0 saturated carbocycles. The van der Waals surface area contributed by atoms with E-state index in [2.05, 4.69) is 17.2 Å². The number of hydrogen-bond acceptors (Lipinski definition) is 5. The Morgan fingerprint density at radius 2 is 1.44 bits per heavy atom. The summed E-state index contributed by atoms with van der Waals surface area (Å²) in [6, 6.07) is 9.33. The molecule has 224 valence electrons.